The number of nitrogens with one attached hydrogen (secondary N) is 1. The van der Waals surface area contributed by atoms with E-state index in [2.05, 4.69) is 9.71 Å². The van der Waals surface area contributed by atoms with Crippen molar-refractivity contribution in [3.05, 3.63) is 38.3 Å². The summed E-state index contributed by atoms with van der Waals surface area (Å²) in [6, 6.07) is 2.91. The zero-order valence-electron chi connectivity index (χ0n) is 12.9. The Hall–Kier alpha value is -1.15. The molecule has 24 heavy (non-hydrogen) atoms. The summed E-state index contributed by atoms with van der Waals surface area (Å²) >= 11 is 13.0. The van der Waals surface area contributed by atoms with Crippen LogP contribution in [0.4, 0.5) is 5.13 Å². The molecule has 0 fully saturated rings. The summed E-state index contributed by atoms with van der Waals surface area (Å²) in [6.45, 7) is 3.59. The molecule has 0 saturated carbocycles. The van der Waals surface area contributed by atoms with E-state index < -0.39 is 10.0 Å². The first-order chi connectivity index (χ1) is 11.2. The molecule has 128 valence electrons. The minimum Gasteiger partial charge on any atom is -0.293 e. The second-order valence-electron chi connectivity index (χ2n) is 5.87. The molecule has 1 heterocycles. The fourth-order valence-electron chi connectivity index (χ4n) is 2.76. The minimum absolute atomic E-state index is 0.00686. The number of hydrogen-bond donors (Lipinski definition) is 1. The number of aryl methyl sites for hydroxylation is 1. The summed E-state index contributed by atoms with van der Waals surface area (Å²) in [5, 5.41) is 0.576. The average Bonchev–Trinajstić information content (AvgIpc) is 2.78. The van der Waals surface area contributed by atoms with Crippen molar-refractivity contribution >= 4 is 55.5 Å². The van der Waals surface area contributed by atoms with Crippen LogP contribution in [0, 0.1) is 12.8 Å². The van der Waals surface area contributed by atoms with Crippen LogP contribution >= 0.6 is 34.5 Å². The second-order valence-corrected chi connectivity index (χ2v) is 9.33. The van der Waals surface area contributed by atoms with Crippen molar-refractivity contribution in [3.8, 4) is 0 Å². The number of thiazole rings is 1. The topological polar surface area (TPSA) is 76.1 Å². The lowest BCUT2D eigenvalue weighted by Crippen LogP contribution is -2.16. The van der Waals surface area contributed by atoms with Gasteiger partial charge in [0.15, 0.2) is 10.9 Å². The average molecular weight is 405 g/mol. The molecule has 1 atom stereocenters. The molecular weight excluding hydrogens is 391 g/mol. The highest BCUT2D eigenvalue weighted by molar-refractivity contribution is 7.93. The van der Waals surface area contributed by atoms with Gasteiger partial charge < -0.3 is 0 Å². The molecule has 1 aromatic heterocycles. The summed E-state index contributed by atoms with van der Waals surface area (Å²) in [5.74, 6) is 0.219. The summed E-state index contributed by atoms with van der Waals surface area (Å²) in [6.07, 6.45) is 1.13. The lowest BCUT2D eigenvalue weighted by molar-refractivity contribution is 0.0957. The lowest BCUT2D eigenvalue weighted by Gasteiger charge is -2.14. The molecule has 1 aromatic carbocycles. The number of carbonyl (C=O) groups excluding carboxylic acids is 1. The highest BCUT2D eigenvalue weighted by atomic mass is 35.5. The fourth-order valence-corrected chi connectivity index (χ4v) is 6.12. The Morgan fingerprint density at radius 2 is 2.00 bits per heavy atom. The monoisotopic (exact) mass is 404 g/mol. The van der Waals surface area contributed by atoms with Gasteiger partial charge in [-0.2, -0.15) is 0 Å². The molecule has 1 unspecified atom stereocenters. The van der Waals surface area contributed by atoms with Gasteiger partial charge >= 0.3 is 0 Å². The van der Waals surface area contributed by atoms with Crippen LogP contribution in [-0.2, 0) is 16.4 Å². The third kappa shape index (κ3) is 3.31. The molecule has 2 aromatic rings. The Kier molecular flexibility index (Phi) is 4.63. The Morgan fingerprint density at radius 1 is 1.29 bits per heavy atom. The maximum atomic E-state index is 12.7. The zero-order chi connectivity index (χ0) is 17.6. The van der Waals surface area contributed by atoms with Gasteiger partial charge in [-0.15, -0.1) is 0 Å². The fraction of sp³-hybridized carbons (Fsp3) is 0.333. The van der Waals surface area contributed by atoms with Crippen LogP contribution in [0.15, 0.2) is 17.0 Å². The van der Waals surface area contributed by atoms with Crippen molar-refractivity contribution in [1.82, 2.24) is 4.98 Å². The van der Waals surface area contributed by atoms with Crippen molar-refractivity contribution in [2.45, 2.75) is 31.6 Å². The highest BCUT2D eigenvalue weighted by Crippen LogP contribution is 2.35. The van der Waals surface area contributed by atoms with Crippen LogP contribution < -0.4 is 4.72 Å². The first-order valence-electron chi connectivity index (χ1n) is 7.18. The van der Waals surface area contributed by atoms with Gasteiger partial charge in [-0.3, -0.25) is 9.52 Å². The van der Waals surface area contributed by atoms with E-state index in [1.165, 1.54) is 12.1 Å². The molecule has 1 aliphatic rings. The number of carbonyl (C=O) groups is 1. The third-order valence-corrected chi connectivity index (χ3v) is 7.06. The van der Waals surface area contributed by atoms with E-state index in [1.807, 2.05) is 6.92 Å². The zero-order valence-corrected chi connectivity index (χ0v) is 16.0. The predicted octanol–water partition coefficient (Wildman–Crippen LogP) is 4.32. The van der Waals surface area contributed by atoms with Crippen LogP contribution in [0.5, 0.6) is 0 Å². The van der Waals surface area contributed by atoms with Crippen LogP contribution in [0.3, 0.4) is 0 Å². The number of hydrogen-bond acceptors (Lipinski definition) is 5. The third-order valence-electron chi connectivity index (χ3n) is 3.71. The van der Waals surface area contributed by atoms with Crippen molar-refractivity contribution in [3.63, 3.8) is 0 Å². The standard InChI is InChI=1S/C15H14Cl2N2O3S2/c1-7-3-11-13(12(20)4-7)23-15(18-11)19-24(21,22)14-8(2)5-9(16)6-10(14)17/h5-7H,3-4H2,1-2H3,(H,18,19). The Morgan fingerprint density at radius 3 is 2.67 bits per heavy atom. The summed E-state index contributed by atoms with van der Waals surface area (Å²) in [7, 11) is -3.93. The normalized spacial score (nSPS) is 17.7. The number of sulfonamides is 1. The summed E-state index contributed by atoms with van der Waals surface area (Å²) < 4.78 is 27.7. The van der Waals surface area contributed by atoms with Gasteiger partial charge in [-0.1, -0.05) is 41.5 Å². The predicted molar refractivity (Wildman–Crippen MR) is 95.9 cm³/mol. The van der Waals surface area contributed by atoms with Crippen molar-refractivity contribution in [1.29, 1.82) is 0 Å². The first-order valence-corrected chi connectivity index (χ1v) is 10.2. The van der Waals surface area contributed by atoms with E-state index >= 15 is 0 Å². The molecule has 0 radical (unpaired) electrons. The van der Waals surface area contributed by atoms with E-state index in [9.17, 15) is 13.2 Å². The molecule has 0 bridgehead atoms. The Balaban J connectivity index is 1.97. The number of anilines is 1. The molecule has 1 aliphatic carbocycles. The van der Waals surface area contributed by atoms with Gasteiger partial charge in [-0.05, 0) is 37.0 Å². The van der Waals surface area contributed by atoms with Crippen molar-refractivity contribution < 1.29 is 13.2 Å². The molecule has 0 spiro atoms. The number of Topliss-reactive ketones (excluding diaryl/α,β-unsaturated/α-hetero) is 1. The lowest BCUT2D eigenvalue weighted by atomic mass is 9.92. The molecule has 9 heteroatoms. The van der Waals surface area contributed by atoms with Gasteiger partial charge in [0.05, 0.1) is 15.6 Å². The largest absolute Gasteiger partial charge is 0.293 e. The maximum absolute atomic E-state index is 12.7. The number of ketones is 1. The van der Waals surface area contributed by atoms with E-state index in [0.29, 0.717) is 34.0 Å². The molecule has 3 rings (SSSR count). The quantitative estimate of drug-likeness (QED) is 0.825. The summed E-state index contributed by atoms with van der Waals surface area (Å²) in [5.41, 5.74) is 1.09. The minimum atomic E-state index is -3.93. The van der Waals surface area contributed by atoms with Gasteiger partial charge in [0, 0.05) is 11.4 Å². The smallest absolute Gasteiger partial charge is 0.265 e. The Bertz CT molecular complexity index is 915. The van der Waals surface area contributed by atoms with Crippen molar-refractivity contribution in [2.24, 2.45) is 5.92 Å². The molecular formula is C15H14Cl2N2O3S2. The molecule has 0 aliphatic heterocycles. The molecule has 5 nitrogen and oxygen atoms in total. The number of halogens is 2. The van der Waals surface area contributed by atoms with Gasteiger partial charge in [0.1, 0.15) is 4.90 Å². The number of fused-ring (bicyclic) bond motifs is 1. The molecule has 0 saturated heterocycles. The molecule has 1 N–H and O–H groups in total. The van der Waals surface area contributed by atoms with Crippen LogP contribution in [0.25, 0.3) is 0 Å². The van der Waals surface area contributed by atoms with Crippen LogP contribution in [0.1, 0.15) is 34.3 Å². The van der Waals surface area contributed by atoms with Gasteiger partial charge in [0.25, 0.3) is 10.0 Å². The first kappa shape index (κ1) is 17.7. The summed E-state index contributed by atoms with van der Waals surface area (Å²) in [4.78, 5) is 16.8. The van der Waals surface area contributed by atoms with Gasteiger partial charge in [-0.25, -0.2) is 13.4 Å². The van der Waals surface area contributed by atoms with E-state index in [-0.39, 0.29) is 26.8 Å². The SMILES string of the molecule is Cc1cc(Cl)cc(Cl)c1S(=O)(=O)Nc1nc2c(s1)C(=O)CC(C)C2. The van der Waals surface area contributed by atoms with Crippen LogP contribution in [0.2, 0.25) is 10.0 Å². The highest BCUT2D eigenvalue weighted by Gasteiger charge is 2.29. The number of aromatic nitrogens is 1. The van der Waals surface area contributed by atoms with Crippen molar-refractivity contribution in [2.75, 3.05) is 4.72 Å². The van der Waals surface area contributed by atoms with E-state index in [4.69, 9.17) is 23.2 Å². The number of rotatable bonds is 3. The van der Waals surface area contributed by atoms with E-state index in [1.54, 1.807) is 6.92 Å². The van der Waals surface area contributed by atoms with Crippen LogP contribution in [-0.4, -0.2) is 19.2 Å². The van der Waals surface area contributed by atoms with Gasteiger partial charge in [0.2, 0.25) is 0 Å². The molecule has 0 amide bonds. The number of nitrogens with zero attached hydrogens (tertiary/aromatic N) is 1. The number of benzene rings is 1. The van der Waals surface area contributed by atoms with E-state index in [0.717, 1.165) is 11.3 Å². The second kappa shape index (κ2) is 6.29. The maximum Gasteiger partial charge on any atom is 0.265 e. The Labute approximate surface area is 154 Å².